The van der Waals surface area contributed by atoms with E-state index in [4.69, 9.17) is 4.74 Å². The minimum Gasteiger partial charge on any atom is -0.463 e. The Kier molecular flexibility index (Phi) is 3.40. The number of ether oxygens (including phenoxy) is 1. The first-order valence-corrected chi connectivity index (χ1v) is 5.75. The van der Waals surface area contributed by atoms with Crippen LogP contribution in [0.5, 0.6) is 0 Å². The van der Waals surface area contributed by atoms with E-state index in [2.05, 4.69) is 0 Å². The van der Waals surface area contributed by atoms with Gasteiger partial charge in [0, 0.05) is 5.57 Å². The number of benzene rings is 1. The van der Waals surface area contributed by atoms with Gasteiger partial charge in [0.25, 0.3) is 0 Å². The monoisotopic (exact) mass is 216 g/mol. The average Bonchev–Trinajstić information content (AvgIpc) is 3.11. The summed E-state index contributed by atoms with van der Waals surface area (Å²) < 4.78 is 5.07. The summed E-state index contributed by atoms with van der Waals surface area (Å²) in [4.78, 5) is 11.7. The van der Waals surface area contributed by atoms with Crippen LogP contribution in [0.2, 0.25) is 0 Å². The molecular weight excluding hydrogens is 200 g/mol. The van der Waals surface area contributed by atoms with Crippen molar-refractivity contribution in [2.24, 2.45) is 5.92 Å². The van der Waals surface area contributed by atoms with Crippen molar-refractivity contribution in [2.45, 2.75) is 19.8 Å². The summed E-state index contributed by atoms with van der Waals surface area (Å²) >= 11 is 0. The van der Waals surface area contributed by atoms with Crippen LogP contribution in [0.3, 0.4) is 0 Å². The average molecular weight is 216 g/mol. The van der Waals surface area contributed by atoms with Crippen LogP contribution >= 0.6 is 0 Å². The maximum atomic E-state index is 11.7. The molecule has 2 rings (SSSR count). The minimum absolute atomic E-state index is 0.158. The highest BCUT2D eigenvalue weighted by molar-refractivity contribution is 5.94. The van der Waals surface area contributed by atoms with Crippen molar-refractivity contribution in [2.75, 3.05) is 6.61 Å². The first kappa shape index (κ1) is 10.9. The van der Waals surface area contributed by atoms with E-state index in [0.29, 0.717) is 12.5 Å². The molecule has 0 saturated heterocycles. The lowest BCUT2D eigenvalue weighted by molar-refractivity contribution is -0.138. The zero-order valence-corrected chi connectivity index (χ0v) is 9.48. The summed E-state index contributed by atoms with van der Waals surface area (Å²) in [5.41, 5.74) is 1.89. The van der Waals surface area contributed by atoms with Crippen molar-refractivity contribution in [3.63, 3.8) is 0 Å². The predicted octanol–water partition coefficient (Wildman–Crippen LogP) is 3.04. The van der Waals surface area contributed by atoms with E-state index in [9.17, 15) is 4.79 Å². The Morgan fingerprint density at radius 2 is 2.06 bits per heavy atom. The number of hydrogen-bond acceptors (Lipinski definition) is 2. The quantitative estimate of drug-likeness (QED) is 0.571. The fraction of sp³-hybridized carbons (Fsp3) is 0.357. The summed E-state index contributed by atoms with van der Waals surface area (Å²) in [7, 11) is 0. The molecule has 84 valence electrons. The molecule has 1 aromatic rings. The lowest BCUT2D eigenvalue weighted by Gasteiger charge is -2.05. The predicted molar refractivity (Wildman–Crippen MR) is 63.8 cm³/mol. The third-order valence-corrected chi connectivity index (χ3v) is 2.65. The summed E-state index contributed by atoms with van der Waals surface area (Å²) in [6.45, 7) is 2.28. The van der Waals surface area contributed by atoms with Gasteiger partial charge in [0.1, 0.15) is 0 Å². The molecule has 0 aromatic heterocycles. The molecule has 0 radical (unpaired) electrons. The van der Waals surface area contributed by atoms with E-state index in [1.54, 1.807) is 0 Å². The number of esters is 1. The van der Waals surface area contributed by atoms with Gasteiger partial charge in [-0.25, -0.2) is 4.79 Å². The van der Waals surface area contributed by atoms with Crippen LogP contribution in [0.25, 0.3) is 6.08 Å². The molecule has 16 heavy (non-hydrogen) atoms. The van der Waals surface area contributed by atoms with E-state index >= 15 is 0 Å². The molecule has 1 saturated carbocycles. The Bertz CT molecular complexity index is 388. The molecule has 0 atom stereocenters. The maximum absolute atomic E-state index is 11.7. The second-order valence-electron chi connectivity index (χ2n) is 4.01. The van der Waals surface area contributed by atoms with Gasteiger partial charge in [-0.3, -0.25) is 0 Å². The highest BCUT2D eigenvalue weighted by Gasteiger charge is 2.31. The van der Waals surface area contributed by atoms with Crippen molar-refractivity contribution in [1.82, 2.24) is 0 Å². The first-order chi connectivity index (χ1) is 7.81. The second kappa shape index (κ2) is 4.97. The van der Waals surface area contributed by atoms with E-state index in [1.165, 1.54) is 0 Å². The van der Waals surface area contributed by atoms with E-state index < -0.39 is 0 Å². The van der Waals surface area contributed by atoms with Crippen LogP contribution < -0.4 is 0 Å². The van der Waals surface area contributed by atoms with Gasteiger partial charge in [0.15, 0.2) is 0 Å². The molecule has 0 unspecified atom stereocenters. The molecule has 0 heterocycles. The normalized spacial score (nSPS) is 15.9. The molecule has 0 spiro atoms. The van der Waals surface area contributed by atoms with E-state index in [0.717, 1.165) is 24.0 Å². The minimum atomic E-state index is -0.158. The largest absolute Gasteiger partial charge is 0.463 e. The van der Waals surface area contributed by atoms with Gasteiger partial charge in [-0.2, -0.15) is 0 Å². The third kappa shape index (κ3) is 2.72. The van der Waals surface area contributed by atoms with E-state index in [-0.39, 0.29) is 5.97 Å². The highest BCUT2D eigenvalue weighted by Crippen LogP contribution is 2.38. The lowest BCUT2D eigenvalue weighted by Crippen LogP contribution is -2.09. The van der Waals surface area contributed by atoms with Crippen molar-refractivity contribution in [3.8, 4) is 0 Å². The Morgan fingerprint density at radius 3 is 2.62 bits per heavy atom. The van der Waals surface area contributed by atoms with Gasteiger partial charge in [0.05, 0.1) is 6.61 Å². The first-order valence-electron chi connectivity index (χ1n) is 5.75. The smallest absolute Gasteiger partial charge is 0.334 e. The third-order valence-electron chi connectivity index (χ3n) is 2.65. The molecule has 0 amide bonds. The molecule has 0 aliphatic heterocycles. The number of carbonyl (C=O) groups is 1. The molecule has 0 N–H and O–H groups in total. The van der Waals surface area contributed by atoms with E-state index in [1.807, 2.05) is 43.3 Å². The van der Waals surface area contributed by atoms with Crippen LogP contribution in [0, 0.1) is 5.92 Å². The van der Waals surface area contributed by atoms with Crippen LogP contribution in [0.4, 0.5) is 0 Å². The van der Waals surface area contributed by atoms with Crippen molar-refractivity contribution in [3.05, 3.63) is 41.5 Å². The molecule has 1 fully saturated rings. The summed E-state index contributed by atoms with van der Waals surface area (Å²) in [5.74, 6) is 0.258. The number of rotatable bonds is 4. The summed E-state index contributed by atoms with van der Waals surface area (Å²) in [6, 6.07) is 9.92. The molecule has 2 heteroatoms. The maximum Gasteiger partial charge on any atom is 0.334 e. The van der Waals surface area contributed by atoms with Gasteiger partial charge in [-0.15, -0.1) is 0 Å². The molecule has 1 aliphatic rings. The molecular formula is C14H16O2. The Morgan fingerprint density at radius 1 is 1.38 bits per heavy atom. The molecule has 1 aromatic carbocycles. The number of hydrogen-bond donors (Lipinski definition) is 0. The lowest BCUT2D eigenvalue weighted by atomic mass is 10.1. The Labute approximate surface area is 95.9 Å². The fourth-order valence-electron chi connectivity index (χ4n) is 1.68. The zero-order chi connectivity index (χ0) is 11.4. The topological polar surface area (TPSA) is 26.3 Å². The second-order valence-corrected chi connectivity index (χ2v) is 4.01. The van der Waals surface area contributed by atoms with Crippen molar-refractivity contribution < 1.29 is 9.53 Å². The molecule has 2 nitrogen and oxygen atoms in total. The Hall–Kier alpha value is -1.57. The van der Waals surface area contributed by atoms with Crippen LogP contribution in [-0.4, -0.2) is 12.6 Å². The van der Waals surface area contributed by atoms with Crippen LogP contribution in [0.15, 0.2) is 35.9 Å². The van der Waals surface area contributed by atoms with Gasteiger partial charge < -0.3 is 4.74 Å². The van der Waals surface area contributed by atoms with Crippen LogP contribution in [-0.2, 0) is 9.53 Å². The fourth-order valence-corrected chi connectivity index (χ4v) is 1.68. The van der Waals surface area contributed by atoms with Gasteiger partial charge in [0.2, 0.25) is 0 Å². The van der Waals surface area contributed by atoms with Gasteiger partial charge in [-0.05, 0) is 37.3 Å². The zero-order valence-electron chi connectivity index (χ0n) is 9.48. The van der Waals surface area contributed by atoms with Crippen molar-refractivity contribution >= 4 is 12.0 Å². The summed E-state index contributed by atoms with van der Waals surface area (Å²) in [6.07, 6.45) is 4.17. The number of carbonyl (C=O) groups excluding carboxylic acids is 1. The SMILES string of the molecule is CCOC(=O)C(=Cc1ccccc1)C1CC1. The molecule has 1 aliphatic carbocycles. The summed E-state index contributed by atoms with van der Waals surface area (Å²) in [5, 5.41) is 0. The molecule has 0 bridgehead atoms. The van der Waals surface area contributed by atoms with Gasteiger partial charge in [-0.1, -0.05) is 30.3 Å². The Balaban J connectivity index is 2.19. The van der Waals surface area contributed by atoms with Gasteiger partial charge >= 0.3 is 5.97 Å². The van der Waals surface area contributed by atoms with Crippen LogP contribution in [0.1, 0.15) is 25.3 Å². The highest BCUT2D eigenvalue weighted by atomic mass is 16.5. The van der Waals surface area contributed by atoms with Crippen molar-refractivity contribution in [1.29, 1.82) is 0 Å². The standard InChI is InChI=1S/C14H16O2/c1-2-16-14(15)13(12-8-9-12)10-11-6-4-3-5-7-11/h3-7,10,12H,2,8-9H2,1H3.